The maximum Gasteiger partial charge on any atom is 0.255 e. The van der Waals surface area contributed by atoms with Crippen molar-refractivity contribution < 1.29 is 18.8 Å². The predicted molar refractivity (Wildman–Crippen MR) is 105 cm³/mol. The van der Waals surface area contributed by atoms with Gasteiger partial charge in [-0.15, -0.1) is 0 Å². The van der Waals surface area contributed by atoms with Crippen molar-refractivity contribution in [3.63, 3.8) is 0 Å². The third-order valence-corrected chi connectivity index (χ3v) is 6.12. The van der Waals surface area contributed by atoms with Gasteiger partial charge in [-0.25, -0.2) is 4.39 Å². The Balaban J connectivity index is 1.43. The smallest absolute Gasteiger partial charge is 0.255 e. The van der Waals surface area contributed by atoms with Gasteiger partial charge in [-0.2, -0.15) is 0 Å². The Morgan fingerprint density at radius 2 is 2.07 bits per heavy atom. The minimum absolute atomic E-state index is 0.194. The molecule has 3 amide bonds. The highest BCUT2D eigenvalue weighted by Gasteiger charge is 2.40. The molecule has 0 saturated carbocycles. The second-order valence-corrected chi connectivity index (χ2v) is 8.21. The van der Waals surface area contributed by atoms with Gasteiger partial charge < -0.3 is 15.5 Å². The molecule has 3 aliphatic heterocycles. The van der Waals surface area contributed by atoms with Crippen molar-refractivity contribution >= 4 is 17.7 Å². The number of alkyl halides is 1. The molecule has 1 aromatic rings. The Morgan fingerprint density at radius 3 is 2.90 bits per heavy atom. The summed E-state index contributed by atoms with van der Waals surface area (Å²) in [4.78, 5) is 38.2. The Labute approximate surface area is 169 Å². The van der Waals surface area contributed by atoms with Crippen molar-refractivity contribution in [3.05, 3.63) is 34.9 Å². The molecule has 3 N–H and O–H groups in total. The van der Waals surface area contributed by atoms with Crippen LogP contribution >= 0.6 is 0 Å². The minimum Gasteiger partial charge on any atom is -0.322 e. The molecule has 2 fully saturated rings. The minimum atomic E-state index is -1.23. The lowest BCUT2D eigenvalue weighted by Gasteiger charge is -2.29. The van der Waals surface area contributed by atoms with Crippen LogP contribution in [0.25, 0.3) is 0 Å². The van der Waals surface area contributed by atoms with Crippen molar-refractivity contribution in [3.8, 4) is 0 Å². The number of benzene rings is 1. The molecule has 4 rings (SSSR count). The van der Waals surface area contributed by atoms with Gasteiger partial charge in [0.25, 0.3) is 5.91 Å². The molecule has 8 heteroatoms. The van der Waals surface area contributed by atoms with Crippen molar-refractivity contribution in [2.75, 3.05) is 19.6 Å². The Bertz CT molecular complexity index is 820. The lowest BCUT2D eigenvalue weighted by Crippen LogP contribution is -2.52. The first-order valence-corrected chi connectivity index (χ1v) is 10.3. The monoisotopic (exact) mass is 402 g/mol. The lowest BCUT2D eigenvalue weighted by molar-refractivity contribution is -0.136. The van der Waals surface area contributed by atoms with Crippen LogP contribution in [0.1, 0.15) is 53.6 Å². The molecule has 0 spiro atoms. The zero-order chi connectivity index (χ0) is 20.4. The zero-order valence-corrected chi connectivity index (χ0v) is 16.4. The Hall–Kier alpha value is -2.32. The molecule has 0 aliphatic carbocycles. The summed E-state index contributed by atoms with van der Waals surface area (Å²) < 4.78 is 15.0. The van der Waals surface area contributed by atoms with E-state index in [9.17, 15) is 14.4 Å². The Morgan fingerprint density at radius 1 is 1.21 bits per heavy atom. The van der Waals surface area contributed by atoms with Crippen molar-refractivity contribution in [1.82, 2.24) is 20.9 Å². The molecule has 156 valence electrons. The van der Waals surface area contributed by atoms with Gasteiger partial charge in [0.15, 0.2) is 0 Å². The van der Waals surface area contributed by atoms with E-state index in [0.717, 1.165) is 24.1 Å². The largest absolute Gasteiger partial charge is 0.322 e. The SMILES string of the molecule is O=C1CCC(N2Cc3cccc(CNCC4(F)CCCNCC4)c3C2=O)C(=O)N1. The summed E-state index contributed by atoms with van der Waals surface area (Å²) in [6.07, 6.45) is 2.41. The number of imide groups is 1. The molecule has 29 heavy (non-hydrogen) atoms. The van der Waals surface area contributed by atoms with Crippen LogP contribution in [-0.4, -0.2) is 54.0 Å². The van der Waals surface area contributed by atoms with Gasteiger partial charge in [-0.05, 0) is 49.9 Å². The van der Waals surface area contributed by atoms with Crippen LogP contribution in [-0.2, 0) is 22.7 Å². The molecule has 0 aromatic heterocycles. The molecule has 3 heterocycles. The third-order valence-electron chi connectivity index (χ3n) is 6.12. The van der Waals surface area contributed by atoms with Crippen molar-refractivity contribution in [2.24, 2.45) is 0 Å². The van der Waals surface area contributed by atoms with Crippen LogP contribution in [0.15, 0.2) is 18.2 Å². The molecule has 7 nitrogen and oxygen atoms in total. The third kappa shape index (κ3) is 4.18. The summed E-state index contributed by atoms with van der Waals surface area (Å²) in [5.74, 6) is -0.905. The van der Waals surface area contributed by atoms with Crippen molar-refractivity contribution in [1.29, 1.82) is 0 Å². The van der Waals surface area contributed by atoms with E-state index < -0.39 is 17.6 Å². The summed E-state index contributed by atoms with van der Waals surface area (Å²) in [5.41, 5.74) is 1.05. The van der Waals surface area contributed by atoms with Crippen molar-refractivity contribution in [2.45, 2.75) is 56.9 Å². The normalized spacial score (nSPS) is 27.6. The number of fused-ring (bicyclic) bond motifs is 1. The fourth-order valence-electron chi connectivity index (χ4n) is 4.53. The molecule has 2 unspecified atom stereocenters. The first-order valence-electron chi connectivity index (χ1n) is 10.3. The molecule has 0 radical (unpaired) electrons. The summed E-state index contributed by atoms with van der Waals surface area (Å²) in [7, 11) is 0. The summed E-state index contributed by atoms with van der Waals surface area (Å²) >= 11 is 0. The number of hydrogen-bond acceptors (Lipinski definition) is 5. The number of rotatable bonds is 5. The standard InChI is InChI=1S/C21H27FN4O3/c22-21(7-2-9-23-10-8-21)13-24-11-14-3-1-4-15-12-26(20(29)18(14)15)16-5-6-17(27)25-19(16)28/h1,3-4,16,23-24H,2,5-13H2,(H,25,27,28). The van der Waals surface area contributed by atoms with Crippen LogP contribution in [0, 0.1) is 0 Å². The van der Waals surface area contributed by atoms with Crippen LogP contribution in [0.2, 0.25) is 0 Å². The van der Waals surface area contributed by atoms with Gasteiger partial charge in [-0.1, -0.05) is 18.2 Å². The second kappa shape index (κ2) is 8.20. The fourth-order valence-corrected chi connectivity index (χ4v) is 4.53. The molecule has 2 atom stereocenters. The van der Waals surface area contributed by atoms with E-state index in [0.29, 0.717) is 44.5 Å². The molecule has 3 aliphatic rings. The highest BCUT2D eigenvalue weighted by molar-refractivity contribution is 6.05. The Kier molecular flexibility index (Phi) is 5.65. The van der Waals surface area contributed by atoms with E-state index in [1.807, 2.05) is 18.2 Å². The summed E-state index contributed by atoms with van der Waals surface area (Å²) in [6, 6.07) is 5.02. The number of amides is 3. The van der Waals surface area contributed by atoms with E-state index >= 15 is 4.39 Å². The van der Waals surface area contributed by atoms with Gasteiger partial charge >= 0.3 is 0 Å². The van der Waals surface area contributed by atoms with E-state index in [4.69, 9.17) is 0 Å². The highest BCUT2D eigenvalue weighted by atomic mass is 19.1. The molecule has 0 bridgehead atoms. The van der Waals surface area contributed by atoms with Gasteiger partial charge in [0, 0.05) is 31.6 Å². The number of nitrogens with one attached hydrogen (secondary N) is 3. The first kappa shape index (κ1) is 20.0. The van der Waals surface area contributed by atoms with Gasteiger partial charge in [0.2, 0.25) is 11.8 Å². The number of nitrogens with zero attached hydrogens (tertiary/aromatic N) is 1. The molecular formula is C21H27FN4O3. The van der Waals surface area contributed by atoms with Crippen LogP contribution in [0.4, 0.5) is 4.39 Å². The van der Waals surface area contributed by atoms with Gasteiger partial charge in [0.1, 0.15) is 11.7 Å². The zero-order valence-electron chi connectivity index (χ0n) is 16.4. The molecule has 2 saturated heterocycles. The van der Waals surface area contributed by atoms with E-state index in [1.165, 1.54) is 0 Å². The predicted octanol–water partition coefficient (Wildman–Crippen LogP) is 1.02. The maximum atomic E-state index is 15.0. The number of hydrogen-bond donors (Lipinski definition) is 3. The van der Waals surface area contributed by atoms with E-state index in [2.05, 4.69) is 16.0 Å². The summed E-state index contributed by atoms with van der Waals surface area (Å²) in [6.45, 7) is 2.54. The fraction of sp³-hybridized carbons (Fsp3) is 0.571. The average Bonchev–Trinajstić information content (AvgIpc) is 2.87. The van der Waals surface area contributed by atoms with E-state index in [1.54, 1.807) is 4.90 Å². The number of piperidine rings is 1. The topological polar surface area (TPSA) is 90.5 Å². The van der Waals surface area contributed by atoms with Crippen LogP contribution < -0.4 is 16.0 Å². The van der Waals surface area contributed by atoms with Crippen LogP contribution in [0.5, 0.6) is 0 Å². The van der Waals surface area contributed by atoms with E-state index in [-0.39, 0.29) is 24.8 Å². The number of halogens is 1. The molecule has 1 aromatic carbocycles. The quantitative estimate of drug-likeness (QED) is 0.640. The number of carbonyl (C=O) groups excluding carboxylic acids is 3. The lowest BCUT2D eigenvalue weighted by atomic mass is 9.96. The number of carbonyl (C=O) groups is 3. The maximum absolute atomic E-state index is 15.0. The first-order chi connectivity index (χ1) is 14.0. The highest BCUT2D eigenvalue weighted by Crippen LogP contribution is 2.30. The van der Waals surface area contributed by atoms with Crippen LogP contribution in [0.3, 0.4) is 0 Å². The summed E-state index contributed by atoms with van der Waals surface area (Å²) in [5, 5.41) is 8.74. The average molecular weight is 402 g/mol. The second-order valence-electron chi connectivity index (χ2n) is 8.21. The van der Waals surface area contributed by atoms with Gasteiger partial charge in [0.05, 0.1) is 0 Å². The molecular weight excluding hydrogens is 375 g/mol. The van der Waals surface area contributed by atoms with Gasteiger partial charge in [-0.3, -0.25) is 19.7 Å².